The van der Waals surface area contributed by atoms with Crippen molar-refractivity contribution < 1.29 is 14.4 Å². The Labute approximate surface area is 151 Å². The average Bonchev–Trinajstić information content (AvgIpc) is 3.36. The summed E-state index contributed by atoms with van der Waals surface area (Å²) in [5, 5.41) is 19.2. The fraction of sp³-hybridized carbons (Fsp3) is 0.250. The molecular weight excluding hydrogens is 356 g/mol. The van der Waals surface area contributed by atoms with Gasteiger partial charge < -0.3 is 5.32 Å². The maximum atomic E-state index is 12.0. The van der Waals surface area contributed by atoms with Crippen LogP contribution in [0.5, 0.6) is 0 Å². The normalized spacial score (nSPS) is 14.4. The third kappa shape index (κ3) is 3.06. The summed E-state index contributed by atoms with van der Waals surface area (Å²) in [4.78, 5) is 36.2. The molecule has 132 valence electrons. The lowest BCUT2D eigenvalue weighted by atomic mass is 10.2. The number of nitrogens with zero attached hydrogens (tertiary/aromatic N) is 5. The number of hydrogen-bond acceptors (Lipinski definition) is 7. The van der Waals surface area contributed by atoms with Gasteiger partial charge >= 0.3 is 0 Å². The minimum atomic E-state index is -0.431. The second kappa shape index (κ2) is 6.64. The van der Waals surface area contributed by atoms with Crippen molar-refractivity contribution in [3.63, 3.8) is 0 Å². The monoisotopic (exact) mass is 370 g/mol. The van der Waals surface area contributed by atoms with E-state index in [9.17, 15) is 14.4 Å². The quantitative estimate of drug-likeness (QED) is 0.659. The number of nitrogens with one attached hydrogen (secondary N) is 1. The van der Waals surface area contributed by atoms with Gasteiger partial charge in [0.1, 0.15) is 6.54 Å². The minimum Gasteiger partial charge on any atom is -0.347 e. The van der Waals surface area contributed by atoms with Gasteiger partial charge in [-0.25, -0.2) is 0 Å². The number of carbonyl (C=O) groups is 3. The van der Waals surface area contributed by atoms with Crippen LogP contribution in [-0.4, -0.2) is 49.0 Å². The zero-order chi connectivity index (χ0) is 18.1. The molecule has 0 atom stereocenters. The first-order valence-corrected chi connectivity index (χ1v) is 8.90. The van der Waals surface area contributed by atoms with Crippen LogP contribution in [0, 0.1) is 0 Å². The molecule has 4 rings (SSSR count). The molecule has 0 bridgehead atoms. The lowest BCUT2D eigenvalue weighted by Gasteiger charge is -2.12. The van der Waals surface area contributed by atoms with Crippen LogP contribution < -0.4 is 5.32 Å². The largest absolute Gasteiger partial charge is 0.347 e. The molecule has 1 N–H and O–H groups in total. The van der Waals surface area contributed by atoms with E-state index in [0.29, 0.717) is 11.5 Å². The van der Waals surface area contributed by atoms with Gasteiger partial charge in [0, 0.05) is 23.8 Å². The summed E-state index contributed by atoms with van der Waals surface area (Å²) in [6.45, 7) is -0.182. The molecule has 3 aromatic rings. The summed E-state index contributed by atoms with van der Waals surface area (Å²) in [6, 6.07) is 5.63. The highest BCUT2D eigenvalue weighted by atomic mass is 32.1. The molecule has 4 heterocycles. The van der Waals surface area contributed by atoms with Crippen molar-refractivity contribution in [3.05, 3.63) is 34.8 Å². The molecule has 0 aromatic carbocycles. The molecule has 9 nitrogen and oxygen atoms in total. The fourth-order valence-electron chi connectivity index (χ4n) is 2.68. The number of aromatic nitrogens is 4. The van der Waals surface area contributed by atoms with Crippen LogP contribution in [0.15, 0.2) is 29.0 Å². The standard InChI is InChI=1S/C16H14N6O3S/c23-14(8-21-15(24)3-4-16(21)25)17-7-13-19-18-12-2-1-11(20-22(12)13)10-5-6-26-9-10/h1-2,5-6,9H,3-4,7-8H2,(H,17,23). The van der Waals surface area contributed by atoms with Crippen molar-refractivity contribution in [2.45, 2.75) is 19.4 Å². The number of hydrogen-bond donors (Lipinski definition) is 1. The number of rotatable bonds is 5. The Morgan fingerprint density at radius 1 is 1.15 bits per heavy atom. The maximum Gasteiger partial charge on any atom is 0.240 e. The number of amides is 3. The number of likely N-dealkylation sites (tertiary alicyclic amines) is 1. The van der Waals surface area contributed by atoms with Crippen LogP contribution in [0.2, 0.25) is 0 Å². The first-order valence-electron chi connectivity index (χ1n) is 7.95. The highest BCUT2D eigenvalue weighted by molar-refractivity contribution is 7.08. The maximum absolute atomic E-state index is 12.0. The molecule has 0 aliphatic carbocycles. The van der Waals surface area contributed by atoms with Gasteiger partial charge in [0.15, 0.2) is 11.5 Å². The van der Waals surface area contributed by atoms with E-state index >= 15 is 0 Å². The summed E-state index contributed by atoms with van der Waals surface area (Å²) in [7, 11) is 0. The second-order valence-electron chi connectivity index (χ2n) is 5.77. The van der Waals surface area contributed by atoms with E-state index in [1.807, 2.05) is 22.9 Å². The molecule has 1 fully saturated rings. The molecule has 0 saturated carbocycles. The van der Waals surface area contributed by atoms with Crippen molar-refractivity contribution in [1.82, 2.24) is 30.0 Å². The Morgan fingerprint density at radius 2 is 1.96 bits per heavy atom. The molecular formula is C16H14N6O3S. The van der Waals surface area contributed by atoms with E-state index < -0.39 is 5.91 Å². The first-order chi connectivity index (χ1) is 12.6. The van der Waals surface area contributed by atoms with Crippen LogP contribution >= 0.6 is 11.3 Å². The molecule has 1 aliphatic rings. The summed E-state index contributed by atoms with van der Waals surface area (Å²) < 4.78 is 1.57. The predicted molar refractivity (Wildman–Crippen MR) is 91.9 cm³/mol. The van der Waals surface area contributed by atoms with E-state index in [2.05, 4.69) is 20.6 Å². The Morgan fingerprint density at radius 3 is 2.69 bits per heavy atom. The Balaban J connectivity index is 1.47. The average molecular weight is 370 g/mol. The number of fused-ring (bicyclic) bond motifs is 1. The highest BCUT2D eigenvalue weighted by Gasteiger charge is 2.30. The van der Waals surface area contributed by atoms with Gasteiger partial charge in [-0.15, -0.1) is 10.2 Å². The SMILES string of the molecule is O=C(CN1C(=O)CCC1=O)NCc1nnc2ccc(-c3ccsc3)nn12. The summed E-state index contributed by atoms with van der Waals surface area (Å²) in [5.41, 5.74) is 2.34. The number of imide groups is 1. The molecule has 0 unspecified atom stereocenters. The molecule has 26 heavy (non-hydrogen) atoms. The van der Waals surface area contributed by atoms with Crippen molar-refractivity contribution in [2.24, 2.45) is 0 Å². The van der Waals surface area contributed by atoms with Crippen LogP contribution in [0.3, 0.4) is 0 Å². The van der Waals surface area contributed by atoms with Crippen molar-refractivity contribution in [2.75, 3.05) is 6.54 Å². The molecule has 0 radical (unpaired) electrons. The highest BCUT2D eigenvalue weighted by Crippen LogP contribution is 2.20. The predicted octanol–water partition coefficient (Wildman–Crippen LogP) is 0.618. The molecule has 3 amide bonds. The third-order valence-electron chi connectivity index (χ3n) is 4.04. The van der Waals surface area contributed by atoms with Gasteiger partial charge in [-0.1, -0.05) is 0 Å². The molecule has 1 saturated heterocycles. The fourth-order valence-corrected chi connectivity index (χ4v) is 3.33. The van der Waals surface area contributed by atoms with Crippen LogP contribution in [0.1, 0.15) is 18.7 Å². The smallest absolute Gasteiger partial charge is 0.240 e. The van der Waals surface area contributed by atoms with Gasteiger partial charge in [-0.3, -0.25) is 19.3 Å². The van der Waals surface area contributed by atoms with E-state index in [-0.39, 0.29) is 37.7 Å². The second-order valence-corrected chi connectivity index (χ2v) is 6.55. The third-order valence-corrected chi connectivity index (χ3v) is 4.73. The summed E-state index contributed by atoms with van der Waals surface area (Å²) >= 11 is 1.58. The van der Waals surface area contributed by atoms with E-state index in [1.165, 1.54) is 0 Å². The first kappa shape index (κ1) is 16.3. The van der Waals surface area contributed by atoms with Crippen molar-refractivity contribution >= 4 is 34.7 Å². The van der Waals surface area contributed by atoms with Gasteiger partial charge in [0.25, 0.3) is 0 Å². The molecule has 0 spiro atoms. The van der Waals surface area contributed by atoms with Crippen molar-refractivity contribution in [3.8, 4) is 11.3 Å². The van der Waals surface area contributed by atoms with Gasteiger partial charge in [0.05, 0.1) is 12.2 Å². The number of thiophene rings is 1. The lowest BCUT2D eigenvalue weighted by molar-refractivity contribution is -0.142. The van der Waals surface area contributed by atoms with E-state index in [4.69, 9.17) is 0 Å². The van der Waals surface area contributed by atoms with E-state index in [0.717, 1.165) is 16.2 Å². The van der Waals surface area contributed by atoms with Crippen LogP contribution in [0.4, 0.5) is 0 Å². The summed E-state index contributed by atoms with van der Waals surface area (Å²) in [6.07, 6.45) is 0.326. The zero-order valence-corrected chi connectivity index (χ0v) is 14.4. The van der Waals surface area contributed by atoms with Crippen LogP contribution in [-0.2, 0) is 20.9 Å². The van der Waals surface area contributed by atoms with E-state index in [1.54, 1.807) is 21.9 Å². The van der Waals surface area contributed by atoms with Gasteiger partial charge in [-0.2, -0.15) is 21.0 Å². The Hall–Kier alpha value is -3.14. The summed E-state index contributed by atoms with van der Waals surface area (Å²) in [5.74, 6) is -0.607. The molecule has 1 aliphatic heterocycles. The Kier molecular flexibility index (Phi) is 4.17. The lowest BCUT2D eigenvalue weighted by Crippen LogP contribution is -2.40. The van der Waals surface area contributed by atoms with Gasteiger partial charge in [0.2, 0.25) is 17.7 Å². The molecule has 3 aromatic heterocycles. The minimum absolute atomic E-state index is 0.0936. The Bertz CT molecular complexity index is 981. The topological polar surface area (TPSA) is 110 Å². The van der Waals surface area contributed by atoms with Crippen LogP contribution in [0.25, 0.3) is 16.9 Å². The zero-order valence-electron chi connectivity index (χ0n) is 13.6. The molecule has 10 heteroatoms. The number of carbonyl (C=O) groups excluding carboxylic acids is 3. The van der Waals surface area contributed by atoms with Gasteiger partial charge in [-0.05, 0) is 23.6 Å². The van der Waals surface area contributed by atoms with Crippen molar-refractivity contribution in [1.29, 1.82) is 0 Å².